The van der Waals surface area contributed by atoms with Gasteiger partial charge in [-0.1, -0.05) is 43.2 Å². The molecule has 3 aromatic carbocycles. The second kappa shape index (κ2) is 24.4. The Kier molecular flexibility index (Phi) is 17.9. The molecular weight excluding hydrogens is 960 g/mol. The summed E-state index contributed by atoms with van der Waals surface area (Å²) in [6, 6.07) is 20.5. The Hall–Kier alpha value is -5.60. The highest BCUT2D eigenvalue weighted by atomic mass is 35.5. The molecule has 0 bridgehead atoms. The Bertz CT molecular complexity index is 2790. The zero-order chi connectivity index (χ0) is 50.7. The van der Waals surface area contributed by atoms with Crippen molar-refractivity contribution in [1.29, 1.82) is 0 Å². The molecule has 386 valence electrons. The molecule has 0 atom stereocenters. The van der Waals surface area contributed by atoms with Gasteiger partial charge in [0.15, 0.2) is 0 Å². The number of H-pyrrole nitrogens is 1. The number of likely N-dealkylation sites (tertiary alicyclic amines) is 1. The number of piperidine rings is 1. The van der Waals surface area contributed by atoms with Crippen molar-refractivity contribution in [3.8, 4) is 11.5 Å². The molecule has 5 aromatic rings. The van der Waals surface area contributed by atoms with Gasteiger partial charge in [0.1, 0.15) is 22.8 Å². The molecule has 3 aliphatic rings. The van der Waals surface area contributed by atoms with Crippen LogP contribution in [0.5, 0.6) is 11.5 Å². The van der Waals surface area contributed by atoms with Crippen LogP contribution in [0.3, 0.4) is 0 Å². The van der Waals surface area contributed by atoms with E-state index in [0.717, 1.165) is 107 Å². The van der Waals surface area contributed by atoms with Crippen molar-refractivity contribution in [2.24, 2.45) is 11.3 Å². The van der Waals surface area contributed by atoms with Crippen molar-refractivity contribution in [1.82, 2.24) is 24.5 Å². The summed E-state index contributed by atoms with van der Waals surface area (Å²) in [6.45, 7) is 17.1. The second-order valence-corrected chi connectivity index (χ2v) is 21.6. The van der Waals surface area contributed by atoms with Crippen molar-refractivity contribution in [2.75, 3.05) is 109 Å². The van der Waals surface area contributed by atoms with Gasteiger partial charge in [0.25, 0.3) is 21.6 Å². The van der Waals surface area contributed by atoms with Crippen LogP contribution in [-0.4, -0.2) is 138 Å². The molecule has 0 radical (unpaired) electrons. The van der Waals surface area contributed by atoms with E-state index in [1.54, 1.807) is 30.5 Å². The van der Waals surface area contributed by atoms with E-state index in [-0.39, 0.29) is 28.3 Å². The van der Waals surface area contributed by atoms with E-state index in [1.807, 2.05) is 25.1 Å². The number of nitro groups is 1. The molecule has 0 saturated carbocycles. The van der Waals surface area contributed by atoms with Crippen LogP contribution in [0, 0.1) is 21.4 Å². The molecule has 2 fully saturated rings. The number of aromatic nitrogens is 2. The third-order valence-corrected chi connectivity index (χ3v) is 15.4. The zero-order valence-electron chi connectivity index (χ0n) is 41.5. The van der Waals surface area contributed by atoms with Crippen LogP contribution in [0.25, 0.3) is 16.6 Å². The van der Waals surface area contributed by atoms with Crippen molar-refractivity contribution in [2.45, 2.75) is 57.8 Å². The first-order chi connectivity index (χ1) is 34.7. The molecule has 1 amide bonds. The predicted octanol–water partition coefficient (Wildman–Crippen LogP) is 9.02. The Morgan fingerprint density at radius 2 is 1.64 bits per heavy atom. The number of carbonyl (C=O) groups excluding carboxylic acids is 1. The number of amides is 1. The van der Waals surface area contributed by atoms with Gasteiger partial charge < -0.3 is 39.0 Å². The van der Waals surface area contributed by atoms with E-state index in [4.69, 9.17) is 30.5 Å². The third-order valence-electron chi connectivity index (χ3n) is 13.8. The lowest BCUT2D eigenvalue weighted by atomic mass is 9.72. The Morgan fingerprint density at radius 3 is 2.38 bits per heavy atom. The number of hydrogen-bond acceptors (Lipinski definition) is 14. The molecule has 2 aliphatic heterocycles. The number of piperazine rings is 1. The van der Waals surface area contributed by atoms with E-state index >= 15 is 0 Å². The number of carbonyl (C=O) groups is 1. The summed E-state index contributed by atoms with van der Waals surface area (Å²) < 4.78 is 52.7. The van der Waals surface area contributed by atoms with Gasteiger partial charge in [-0.25, -0.2) is 18.1 Å². The van der Waals surface area contributed by atoms with Crippen LogP contribution < -0.4 is 19.7 Å². The number of nitrogens with one attached hydrogen (secondary N) is 3. The minimum atomic E-state index is -4.59. The van der Waals surface area contributed by atoms with Crippen LogP contribution in [0.1, 0.15) is 68.8 Å². The maximum Gasteiger partial charge on any atom is 0.293 e. The normalized spacial score (nSPS) is 17.1. The molecule has 0 unspecified atom stereocenters. The maximum atomic E-state index is 14.1. The number of ether oxygens (including phenoxy) is 4. The minimum Gasteiger partial charge on any atom is -0.455 e. The minimum absolute atomic E-state index is 0.0398. The van der Waals surface area contributed by atoms with Crippen molar-refractivity contribution >= 4 is 61.2 Å². The number of aromatic amines is 1. The number of pyridine rings is 1. The highest BCUT2D eigenvalue weighted by molar-refractivity contribution is 7.90. The third kappa shape index (κ3) is 14.1. The van der Waals surface area contributed by atoms with Gasteiger partial charge in [0.2, 0.25) is 0 Å². The highest BCUT2D eigenvalue weighted by Gasteiger charge is 2.31. The predicted molar refractivity (Wildman–Crippen MR) is 281 cm³/mol. The van der Waals surface area contributed by atoms with Crippen molar-refractivity contribution < 1.29 is 37.1 Å². The van der Waals surface area contributed by atoms with E-state index in [1.165, 1.54) is 35.0 Å². The molecule has 2 aromatic heterocycles. The van der Waals surface area contributed by atoms with Gasteiger partial charge >= 0.3 is 0 Å². The van der Waals surface area contributed by atoms with E-state index < -0.39 is 31.4 Å². The molecular formula is C53H67ClN8O9S. The number of anilines is 2. The average molecular weight is 1030 g/mol. The number of fused-ring (bicyclic) bond motifs is 1. The number of nitro benzene ring substituents is 1. The van der Waals surface area contributed by atoms with E-state index in [2.05, 4.69) is 60.7 Å². The monoisotopic (exact) mass is 1030 g/mol. The van der Waals surface area contributed by atoms with E-state index in [0.29, 0.717) is 57.6 Å². The standard InChI is InChI=1S/C53H67ClN8O9S/c1-4-68-27-28-70-30-29-69-26-25-59-19-15-38(16-20-59)35-56-48-12-10-45(33-49(48)62(64)65)72(66,67)58-52(63)46-11-9-43(32-50(46)71-44-31-40-14-18-55-51(40)57-36-44)61-23-21-60(22-24-61)37-41-13-17-53(2,3)34-47(41)39-5-7-42(54)8-6-39/h5-12,14,18,31-33,36,38,56H,4,13,15-17,19-30,34-35,37H2,1-3H3,(H,55,57)(H,58,63). The fourth-order valence-corrected chi connectivity index (χ4v) is 10.8. The topological polar surface area (TPSA) is 194 Å². The lowest BCUT2D eigenvalue weighted by molar-refractivity contribution is -0.384. The van der Waals surface area contributed by atoms with Crippen LogP contribution in [0.2, 0.25) is 5.02 Å². The van der Waals surface area contributed by atoms with Crippen molar-refractivity contribution in [3.05, 3.63) is 117 Å². The van der Waals surface area contributed by atoms with Gasteiger partial charge in [0.05, 0.1) is 54.6 Å². The SMILES string of the molecule is CCOCCOCCOCCN1CCC(CNc2ccc(S(=O)(=O)NC(=O)c3ccc(N4CCN(CC5=C(c6ccc(Cl)cc6)CC(C)(C)CC5)CC4)cc3Oc3cnc4[nH]ccc4c3)cc2[N+](=O)[O-])CC1. The van der Waals surface area contributed by atoms with Crippen LogP contribution in [-0.2, 0) is 24.2 Å². The van der Waals surface area contributed by atoms with Gasteiger partial charge in [-0.3, -0.25) is 19.8 Å². The first-order valence-electron chi connectivity index (χ1n) is 25.0. The Morgan fingerprint density at radius 1 is 0.903 bits per heavy atom. The summed E-state index contributed by atoms with van der Waals surface area (Å²) in [5.41, 5.74) is 5.53. The fourth-order valence-electron chi connectivity index (χ4n) is 9.64. The molecule has 2 saturated heterocycles. The number of benzene rings is 3. The summed E-state index contributed by atoms with van der Waals surface area (Å²) in [4.78, 5) is 39.9. The lowest BCUT2D eigenvalue weighted by Gasteiger charge is -2.39. The van der Waals surface area contributed by atoms with Gasteiger partial charge in [-0.2, -0.15) is 0 Å². The Labute approximate surface area is 427 Å². The number of allylic oxidation sites excluding steroid dienone is 1. The van der Waals surface area contributed by atoms with Gasteiger partial charge in [0, 0.05) is 86.8 Å². The van der Waals surface area contributed by atoms with Gasteiger partial charge in [-0.05, 0) is 123 Å². The summed E-state index contributed by atoms with van der Waals surface area (Å²) >= 11 is 6.26. The molecule has 0 spiro atoms. The number of halogens is 1. The summed E-state index contributed by atoms with van der Waals surface area (Å²) in [5, 5.41) is 17.0. The number of nitrogens with zero attached hydrogens (tertiary/aromatic N) is 5. The van der Waals surface area contributed by atoms with Crippen LogP contribution in [0.4, 0.5) is 17.1 Å². The molecule has 19 heteroatoms. The quantitative estimate of drug-likeness (QED) is 0.0319. The summed E-state index contributed by atoms with van der Waals surface area (Å²) in [7, 11) is -4.59. The second-order valence-electron chi connectivity index (χ2n) is 19.5. The fraction of sp³-hybridized carbons (Fsp3) is 0.472. The molecule has 8 rings (SSSR count). The molecule has 1 aliphatic carbocycles. The average Bonchev–Trinajstić information content (AvgIpc) is 3.84. The number of hydrogen-bond donors (Lipinski definition) is 3. The van der Waals surface area contributed by atoms with Crippen LogP contribution >= 0.6 is 11.6 Å². The molecule has 4 heterocycles. The number of rotatable bonds is 23. The lowest BCUT2D eigenvalue weighted by Crippen LogP contribution is -2.47. The number of sulfonamides is 1. The zero-order valence-corrected chi connectivity index (χ0v) is 43.1. The summed E-state index contributed by atoms with van der Waals surface area (Å²) in [5.74, 6) is -0.214. The highest BCUT2D eigenvalue weighted by Crippen LogP contribution is 2.43. The largest absolute Gasteiger partial charge is 0.455 e. The van der Waals surface area contributed by atoms with Crippen LogP contribution in [0.15, 0.2) is 95.7 Å². The molecule has 72 heavy (non-hydrogen) atoms. The van der Waals surface area contributed by atoms with Gasteiger partial charge in [-0.15, -0.1) is 0 Å². The first kappa shape index (κ1) is 52.7. The molecule has 17 nitrogen and oxygen atoms in total. The first-order valence-corrected chi connectivity index (χ1v) is 26.8. The van der Waals surface area contributed by atoms with E-state index in [9.17, 15) is 23.3 Å². The smallest absolute Gasteiger partial charge is 0.293 e. The van der Waals surface area contributed by atoms with Crippen molar-refractivity contribution in [3.63, 3.8) is 0 Å². The Balaban J connectivity index is 0.900. The maximum absolute atomic E-state index is 14.1. The molecule has 3 N–H and O–H groups in total. The summed E-state index contributed by atoms with van der Waals surface area (Å²) in [6.07, 6.45) is 8.26.